The van der Waals surface area contributed by atoms with Gasteiger partial charge in [0.15, 0.2) is 11.5 Å². The van der Waals surface area contributed by atoms with E-state index in [4.69, 9.17) is 9.47 Å². The lowest BCUT2D eigenvalue weighted by Gasteiger charge is -2.14. The number of carbonyl (C=O) groups is 1. The van der Waals surface area contributed by atoms with Gasteiger partial charge in [-0.3, -0.25) is 0 Å². The molecule has 2 N–H and O–H groups in total. The number of carbonyl (C=O) groups excluding carboxylic acids is 1. The topological polar surface area (TPSA) is 59.6 Å². The van der Waals surface area contributed by atoms with Gasteiger partial charge in [0.2, 0.25) is 0 Å². The highest BCUT2D eigenvalue weighted by Crippen LogP contribution is 2.28. The van der Waals surface area contributed by atoms with Crippen LogP contribution in [0.1, 0.15) is 51.5 Å². The van der Waals surface area contributed by atoms with Crippen LogP contribution in [0.15, 0.2) is 30.0 Å². The first kappa shape index (κ1) is 19.2. The molecule has 0 unspecified atom stereocenters. The summed E-state index contributed by atoms with van der Waals surface area (Å²) >= 11 is 0. The summed E-state index contributed by atoms with van der Waals surface area (Å²) in [6.07, 6.45) is 8.59. The Bertz CT molecular complexity index is 576. The van der Waals surface area contributed by atoms with Crippen LogP contribution in [-0.4, -0.2) is 25.8 Å². The van der Waals surface area contributed by atoms with Gasteiger partial charge in [-0.2, -0.15) is 0 Å². The van der Waals surface area contributed by atoms with Crippen molar-refractivity contribution >= 4 is 6.03 Å². The van der Waals surface area contributed by atoms with E-state index >= 15 is 0 Å². The molecule has 1 aliphatic rings. The second-order valence-corrected chi connectivity index (χ2v) is 6.16. The summed E-state index contributed by atoms with van der Waals surface area (Å²) in [7, 11) is 0. The lowest BCUT2D eigenvalue weighted by molar-refractivity contribution is 0.244. The first-order valence-corrected chi connectivity index (χ1v) is 9.33. The number of amides is 2. The smallest absolute Gasteiger partial charge is 0.318 e. The van der Waals surface area contributed by atoms with Crippen LogP contribution in [0.4, 0.5) is 4.79 Å². The van der Waals surface area contributed by atoms with Crippen molar-refractivity contribution in [2.75, 3.05) is 19.8 Å². The van der Waals surface area contributed by atoms with E-state index in [0.717, 1.165) is 36.3 Å². The number of hydrogen-bond acceptors (Lipinski definition) is 3. The predicted octanol–water partition coefficient (Wildman–Crippen LogP) is 4.17. The van der Waals surface area contributed by atoms with Crippen LogP contribution in [0.2, 0.25) is 0 Å². The minimum Gasteiger partial charge on any atom is -0.490 e. The van der Waals surface area contributed by atoms with Crippen LogP contribution < -0.4 is 20.1 Å². The molecule has 2 amide bonds. The fourth-order valence-electron chi connectivity index (χ4n) is 2.94. The van der Waals surface area contributed by atoms with Gasteiger partial charge in [-0.15, -0.1) is 0 Å². The Balaban J connectivity index is 1.78. The molecule has 138 valence electrons. The molecule has 0 atom stereocenters. The quantitative estimate of drug-likeness (QED) is 0.742. The number of allylic oxidation sites excluding steroid dienone is 1. The number of ether oxygens (including phenoxy) is 2. The van der Waals surface area contributed by atoms with Gasteiger partial charge in [0.25, 0.3) is 0 Å². The van der Waals surface area contributed by atoms with E-state index in [9.17, 15) is 4.79 Å². The molecule has 0 bridgehead atoms. The summed E-state index contributed by atoms with van der Waals surface area (Å²) < 4.78 is 11.2. The summed E-state index contributed by atoms with van der Waals surface area (Å²) in [6.45, 7) is 5.69. The molecule has 1 aromatic carbocycles. The molecule has 0 aromatic heterocycles. The molecular weight excluding hydrogens is 316 g/mol. The van der Waals surface area contributed by atoms with Crippen molar-refractivity contribution in [3.8, 4) is 11.5 Å². The summed E-state index contributed by atoms with van der Waals surface area (Å²) in [5.74, 6) is 1.52. The van der Waals surface area contributed by atoms with Gasteiger partial charge in [-0.05, 0) is 63.6 Å². The van der Waals surface area contributed by atoms with Gasteiger partial charge in [0, 0.05) is 12.7 Å². The van der Waals surface area contributed by atoms with Crippen molar-refractivity contribution in [2.24, 2.45) is 0 Å². The Morgan fingerprint density at radius 1 is 1.08 bits per heavy atom. The van der Waals surface area contributed by atoms with Crippen molar-refractivity contribution in [3.05, 3.63) is 35.5 Å². The first-order chi connectivity index (χ1) is 12.2. The number of hydrogen-bond donors (Lipinski definition) is 2. The fourth-order valence-corrected chi connectivity index (χ4v) is 2.94. The Kier molecular flexibility index (Phi) is 8.16. The normalized spacial score (nSPS) is 13.9. The Labute approximate surface area is 150 Å². The SMILES string of the molecule is CCOc1ccc(CCNC(=O)NC=C2CCCCC2)cc1OCC. The molecule has 0 radical (unpaired) electrons. The highest BCUT2D eigenvalue weighted by molar-refractivity contribution is 5.74. The van der Waals surface area contributed by atoms with Crippen molar-refractivity contribution in [3.63, 3.8) is 0 Å². The van der Waals surface area contributed by atoms with Crippen molar-refractivity contribution in [1.82, 2.24) is 10.6 Å². The molecule has 25 heavy (non-hydrogen) atoms. The fraction of sp³-hybridized carbons (Fsp3) is 0.550. The van der Waals surface area contributed by atoms with E-state index in [2.05, 4.69) is 10.6 Å². The largest absolute Gasteiger partial charge is 0.490 e. The van der Waals surface area contributed by atoms with E-state index < -0.39 is 0 Å². The maximum Gasteiger partial charge on any atom is 0.318 e. The molecule has 1 fully saturated rings. The van der Waals surface area contributed by atoms with Crippen molar-refractivity contribution in [1.29, 1.82) is 0 Å². The number of benzene rings is 1. The maximum absolute atomic E-state index is 11.9. The molecule has 5 heteroatoms. The van der Waals surface area contributed by atoms with Crippen LogP contribution >= 0.6 is 0 Å². The van der Waals surface area contributed by atoms with E-state index in [-0.39, 0.29) is 6.03 Å². The predicted molar refractivity (Wildman–Crippen MR) is 100 cm³/mol. The molecule has 0 aliphatic heterocycles. The average molecular weight is 346 g/mol. The van der Waals surface area contributed by atoms with Gasteiger partial charge >= 0.3 is 6.03 Å². The van der Waals surface area contributed by atoms with E-state index in [1.807, 2.05) is 38.2 Å². The number of nitrogens with one attached hydrogen (secondary N) is 2. The molecule has 1 saturated carbocycles. The van der Waals surface area contributed by atoms with Gasteiger partial charge in [-0.25, -0.2) is 4.79 Å². The van der Waals surface area contributed by atoms with Crippen molar-refractivity contribution < 1.29 is 14.3 Å². The van der Waals surface area contributed by atoms with Gasteiger partial charge in [-0.1, -0.05) is 18.1 Å². The van der Waals surface area contributed by atoms with E-state index in [1.54, 1.807) is 0 Å². The minimum atomic E-state index is -0.144. The van der Waals surface area contributed by atoms with Crippen LogP contribution in [0.25, 0.3) is 0 Å². The molecule has 0 heterocycles. The average Bonchev–Trinajstić information content (AvgIpc) is 2.63. The van der Waals surface area contributed by atoms with Gasteiger partial charge in [0.1, 0.15) is 0 Å². The molecule has 1 aromatic rings. The standard InChI is InChI=1S/C20H30N2O3/c1-3-24-18-11-10-16(14-19(18)25-4-2)12-13-21-20(23)22-15-17-8-6-5-7-9-17/h10-11,14-15H,3-9,12-13H2,1-2H3,(H2,21,22,23). The zero-order valence-corrected chi connectivity index (χ0v) is 15.4. The summed E-state index contributed by atoms with van der Waals surface area (Å²) in [5.41, 5.74) is 2.45. The Morgan fingerprint density at radius 3 is 2.52 bits per heavy atom. The highest BCUT2D eigenvalue weighted by atomic mass is 16.5. The lowest BCUT2D eigenvalue weighted by Crippen LogP contribution is -2.33. The minimum absolute atomic E-state index is 0.144. The second kappa shape index (κ2) is 10.6. The van der Waals surface area contributed by atoms with E-state index in [0.29, 0.717) is 19.8 Å². The Morgan fingerprint density at radius 2 is 1.80 bits per heavy atom. The summed E-state index contributed by atoms with van der Waals surface area (Å²) in [5, 5.41) is 5.73. The molecule has 5 nitrogen and oxygen atoms in total. The highest BCUT2D eigenvalue weighted by Gasteiger charge is 2.08. The van der Waals surface area contributed by atoms with E-state index in [1.165, 1.54) is 24.8 Å². The number of urea groups is 1. The van der Waals surface area contributed by atoms with Gasteiger partial charge in [0.05, 0.1) is 13.2 Å². The summed E-state index contributed by atoms with van der Waals surface area (Å²) in [6, 6.07) is 5.78. The van der Waals surface area contributed by atoms with Crippen LogP contribution in [-0.2, 0) is 6.42 Å². The molecule has 0 spiro atoms. The second-order valence-electron chi connectivity index (χ2n) is 6.16. The van der Waals surface area contributed by atoms with Crippen LogP contribution in [0.3, 0.4) is 0 Å². The third kappa shape index (κ3) is 6.69. The lowest BCUT2D eigenvalue weighted by atomic mass is 9.96. The third-order valence-corrected chi connectivity index (χ3v) is 4.21. The zero-order valence-electron chi connectivity index (χ0n) is 15.4. The molecule has 2 rings (SSSR count). The Hall–Kier alpha value is -2.17. The van der Waals surface area contributed by atoms with Gasteiger partial charge < -0.3 is 20.1 Å². The monoisotopic (exact) mass is 346 g/mol. The number of rotatable bonds is 8. The van der Waals surface area contributed by atoms with Crippen LogP contribution in [0, 0.1) is 0 Å². The summed E-state index contributed by atoms with van der Waals surface area (Å²) in [4.78, 5) is 11.9. The third-order valence-electron chi connectivity index (χ3n) is 4.21. The molecule has 0 saturated heterocycles. The van der Waals surface area contributed by atoms with Crippen LogP contribution in [0.5, 0.6) is 11.5 Å². The molecule has 1 aliphatic carbocycles. The van der Waals surface area contributed by atoms with Crippen molar-refractivity contribution in [2.45, 2.75) is 52.4 Å². The molecular formula is C20H30N2O3. The maximum atomic E-state index is 11.9. The zero-order chi connectivity index (χ0) is 17.9. The first-order valence-electron chi connectivity index (χ1n) is 9.33.